The SMILES string of the molecule is COc1ccc(CCCCN(c2ccc(F)c(NC(=O)c3ccnc4c(N)ncnc34)c2Cl)S(=O)O)cc1. The van der Waals surface area contributed by atoms with Crippen molar-refractivity contribution in [3.05, 3.63) is 77.0 Å². The first kappa shape index (κ1) is 27.2. The zero-order chi connectivity index (χ0) is 27.2. The van der Waals surface area contributed by atoms with E-state index in [0.717, 1.165) is 34.5 Å². The van der Waals surface area contributed by atoms with Gasteiger partial charge in [0.2, 0.25) is 0 Å². The highest BCUT2D eigenvalue weighted by atomic mass is 35.5. The van der Waals surface area contributed by atoms with E-state index in [1.54, 1.807) is 7.11 Å². The second kappa shape index (κ2) is 12.1. The fraction of sp³-hybridized carbons (Fsp3) is 0.200. The highest BCUT2D eigenvalue weighted by Crippen LogP contribution is 2.36. The van der Waals surface area contributed by atoms with E-state index < -0.39 is 23.0 Å². The third-order valence-electron chi connectivity index (χ3n) is 5.80. The van der Waals surface area contributed by atoms with Gasteiger partial charge in [0.25, 0.3) is 17.2 Å². The molecule has 2 heterocycles. The predicted octanol–water partition coefficient (Wildman–Crippen LogP) is 4.63. The van der Waals surface area contributed by atoms with Crippen LogP contribution in [0.3, 0.4) is 0 Å². The summed E-state index contributed by atoms with van der Waals surface area (Å²) in [4.78, 5) is 25.0. The van der Waals surface area contributed by atoms with E-state index in [-0.39, 0.29) is 45.4 Å². The number of nitrogens with zero attached hydrogens (tertiary/aromatic N) is 4. The first-order valence-electron chi connectivity index (χ1n) is 11.5. The number of benzene rings is 2. The summed E-state index contributed by atoms with van der Waals surface area (Å²) in [5, 5.41) is 2.23. The summed E-state index contributed by atoms with van der Waals surface area (Å²) >= 11 is 4.01. The molecule has 0 radical (unpaired) electrons. The molecule has 0 saturated carbocycles. The third kappa shape index (κ3) is 5.98. The Morgan fingerprint density at radius 3 is 2.61 bits per heavy atom. The Balaban J connectivity index is 1.51. The van der Waals surface area contributed by atoms with Gasteiger partial charge in [0.05, 0.1) is 29.1 Å². The lowest BCUT2D eigenvalue weighted by molar-refractivity contribution is 0.102. The monoisotopic (exact) mass is 558 g/mol. The minimum absolute atomic E-state index is 0.0751. The highest BCUT2D eigenvalue weighted by Gasteiger charge is 2.23. The molecule has 1 unspecified atom stereocenters. The van der Waals surface area contributed by atoms with Crippen molar-refractivity contribution in [2.45, 2.75) is 19.3 Å². The number of anilines is 3. The van der Waals surface area contributed by atoms with Crippen molar-refractivity contribution >= 4 is 57.0 Å². The van der Waals surface area contributed by atoms with E-state index in [4.69, 9.17) is 22.1 Å². The topological polar surface area (TPSA) is 144 Å². The summed E-state index contributed by atoms with van der Waals surface area (Å²) in [5.41, 5.74) is 7.15. The Hall–Kier alpha value is -3.87. The van der Waals surface area contributed by atoms with Crippen molar-refractivity contribution < 1.29 is 22.7 Å². The lowest BCUT2D eigenvalue weighted by Gasteiger charge is -2.23. The third-order valence-corrected chi connectivity index (χ3v) is 6.94. The lowest BCUT2D eigenvalue weighted by Crippen LogP contribution is -2.27. The van der Waals surface area contributed by atoms with Crippen LogP contribution in [0.15, 0.2) is 55.0 Å². The highest BCUT2D eigenvalue weighted by molar-refractivity contribution is 7.80. The van der Waals surface area contributed by atoms with Crippen LogP contribution in [0.5, 0.6) is 5.75 Å². The van der Waals surface area contributed by atoms with Gasteiger partial charge in [-0.15, -0.1) is 0 Å². The number of carbonyl (C=O) groups excluding carboxylic acids is 1. The Labute approximate surface area is 225 Å². The van der Waals surface area contributed by atoms with Gasteiger partial charge in [-0.2, -0.15) is 0 Å². The van der Waals surface area contributed by atoms with E-state index in [1.807, 2.05) is 24.3 Å². The van der Waals surface area contributed by atoms with Crippen molar-refractivity contribution in [1.29, 1.82) is 0 Å². The first-order valence-corrected chi connectivity index (χ1v) is 12.9. The van der Waals surface area contributed by atoms with E-state index in [9.17, 15) is 17.9 Å². The Morgan fingerprint density at radius 2 is 1.89 bits per heavy atom. The number of aromatic nitrogens is 3. The number of amides is 1. The summed E-state index contributed by atoms with van der Waals surface area (Å²) in [6.45, 7) is 0.170. The van der Waals surface area contributed by atoms with Crippen molar-refractivity contribution in [3.8, 4) is 5.75 Å². The molecule has 38 heavy (non-hydrogen) atoms. The number of unbranched alkanes of at least 4 members (excludes halogenated alkanes) is 1. The number of hydrogen-bond acceptors (Lipinski definition) is 7. The zero-order valence-electron chi connectivity index (χ0n) is 20.2. The molecule has 0 bridgehead atoms. The largest absolute Gasteiger partial charge is 0.497 e. The molecule has 2 aromatic carbocycles. The number of hydrogen-bond donors (Lipinski definition) is 3. The second-order valence-corrected chi connectivity index (χ2v) is 9.44. The van der Waals surface area contributed by atoms with Crippen LogP contribution in [0.1, 0.15) is 28.8 Å². The van der Waals surface area contributed by atoms with Crippen LogP contribution in [0.2, 0.25) is 5.02 Å². The number of pyridine rings is 1. The van der Waals surface area contributed by atoms with Gasteiger partial charge < -0.3 is 15.8 Å². The molecule has 198 valence electrons. The van der Waals surface area contributed by atoms with Gasteiger partial charge in [0, 0.05) is 12.7 Å². The number of nitrogens with one attached hydrogen (secondary N) is 1. The number of fused-ring (bicyclic) bond motifs is 1. The Morgan fingerprint density at radius 1 is 1.13 bits per heavy atom. The molecule has 1 atom stereocenters. The first-order chi connectivity index (χ1) is 18.3. The number of methoxy groups -OCH3 is 1. The molecule has 4 aromatic rings. The summed E-state index contributed by atoms with van der Waals surface area (Å²) in [6, 6.07) is 11.4. The molecule has 0 aliphatic carbocycles. The quantitative estimate of drug-likeness (QED) is 0.189. The fourth-order valence-corrected chi connectivity index (χ4v) is 4.81. The summed E-state index contributed by atoms with van der Waals surface area (Å²) in [7, 11) is 1.60. The predicted molar refractivity (Wildman–Crippen MR) is 145 cm³/mol. The van der Waals surface area contributed by atoms with Gasteiger partial charge in [-0.1, -0.05) is 23.7 Å². The molecule has 0 aliphatic heterocycles. The number of nitrogen functional groups attached to an aromatic ring is 1. The maximum atomic E-state index is 14.8. The number of carbonyl (C=O) groups is 1. The molecule has 0 aliphatic rings. The van der Waals surface area contributed by atoms with E-state index in [2.05, 4.69) is 20.3 Å². The van der Waals surface area contributed by atoms with Crippen LogP contribution in [0.25, 0.3) is 11.0 Å². The molecule has 13 heteroatoms. The van der Waals surface area contributed by atoms with Crippen LogP contribution < -0.4 is 20.1 Å². The van der Waals surface area contributed by atoms with Crippen molar-refractivity contribution in [3.63, 3.8) is 0 Å². The maximum absolute atomic E-state index is 14.8. The number of rotatable bonds is 10. The minimum atomic E-state index is -2.44. The van der Waals surface area contributed by atoms with Gasteiger partial charge >= 0.3 is 0 Å². The molecule has 1 amide bonds. The smallest absolute Gasteiger partial charge is 0.261 e. The van der Waals surface area contributed by atoms with Crippen molar-refractivity contribution in [2.75, 3.05) is 29.0 Å². The molecule has 4 N–H and O–H groups in total. The van der Waals surface area contributed by atoms with Gasteiger partial charge in [-0.25, -0.2) is 18.6 Å². The maximum Gasteiger partial charge on any atom is 0.261 e. The van der Waals surface area contributed by atoms with Crippen LogP contribution >= 0.6 is 11.6 Å². The zero-order valence-corrected chi connectivity index (χ0v) is 21.8. The van der Waals surface area contributed by atoms with Gasteiger partial charge in [-0.05, 0) is 55.2 Å². The second-order valence-electron chi connectivity index (χ2n) is 8.16. The standard InChI is InChI=1S/C25H24ClFN6O4S/c1-37-16-7-5-15(6-8-16)4-2-3-13-33(38(35)36)19-10-9-18(27)22(20(19)26)32-25(34)17-11-12-29-23-21(17)30-14-31-24(23)28/h5-12,14H,2-4,13H2,1H3,(H,32,34)(H,35,36)(H2,28,30,31). The number of halogens is 2. The van der Waals surface area contributed by atoms with Crippen LogP contribution in [0, 0.1) is 5.82 Å². The van der Waals surface area contributed by atoms with Crippen molar-refractivity contribution in [1.82, 2.24) is 15.0 Å². The van der Waals surface area contributed by atoms with Crippen molar-refractivity contribution in [2.24, 2.45) is 0 Å². The van der Waals surface area contributed by atoms with E-state index >= 15 is 0 Å². The normalized spacial score (nSPS) is 11.8. The van der Waals surface area contributed by atoms with Crippen LogP contribution in [-0.2, 0) is 17.7 Å². The molecule has 10 nitrogen and oxygen atoms in total. The average molecular weight is 559 g/mol. The number of nitrogens with two attached hydrogens (primary N) is 1. The average Bonchev–Trinajstić information content (AvgIpc) is 2.91. The summed E-state index contributed by atoms with van der Waals surface area (Å²) in [6.07, 6.45) is 4.57. The Kier molecular flexibility index (Phi) is 8.66. The number of aryl methyl sites for hydroxylation is 1. The molecular weight excluding hydrogens is 535 g/mol. The van der Waals surface area contributed by atoms with Gasteiger partial charge in [0.15, 0.2) is 5.82 Å². The van der Waals surface area contributed by atoms with Crippen LogP contribution in [-0.4, -0.2) is 43.3 Å². The number of ether oxygens (including phenoxy) is 1. The molecule has 0 fully saturated rings. The van der Waals surface area contributed by atoms with E-state index in [1.165, 1.54) is 24.7 Å². The molecule has 2 aromatic heterocycles. The minimum Gasteiger partial charge on any atom is -0.497 e. The summed E-state index contributed by atoms with van der Waals surface area (Å²) in [5.74, 6) is -0.685. The fourth-order valence-electron chi connectivity index (χ4n) is 3.85. The Bertz CT molecular complexity index is 1490. The molecular formula is C25H24ClFN6O4S. The van der Waals surface area contributed by atoms with Gasteiger partial charge in [0.1, 0.15) is 28.9 Å². The van der Waals surface area contributed by atoms with Crippen LogP contribution in [0.4, 0.5) is 21.6 Å². The lowest BCUT2D eigenvalue weighted by atomic mass is 10.1. The molecule has 0 saturated heterocycles. The molecule has 4 rings (SSSR count). The molecule has 0 spiro atoms. The summed E-state index contributed by atoms with van der Waals surface area (Å²) < 4.78 is 43.2. The van der Waals surface area contributed by atoms with E-state index in [0.29, 0.717) is 6.42 Å². The van der Waals surface area contributed by atoms with Gasteiger partial charge in [-0.3, -0.25) is 18.6 Å².